The van der Waals surface area contributed by atoms with Gasteiger partial charge >= 0.3 is 5.97 Å². The highest BCUT2D eigenvalue weighted by Gasteiger charge is 2.12. The summed E-state index contributed by atoms with van der Waals surface area (Å²) < 4.78 is 25.8. The molecule has 116 valence electrons. The van der Waals surface area contributed by atoms with Crippen LogP contribution in [-0.2, 0) is 19.6 Å². The van der Waals surface area contributed by atoms with Gasteiger partial charge in [-0.3, -0.25) is 9.59 Å². The lowest BCUT2D eigenvalue weighted by atomic mass is 10.2. The normalized spacial score (nSPS) is 11.1. The molecule has 0 aliphatic rings. The molecule has 1 aromatic rings. The number of hydrogen-bond donors (Lipinski definition) is 3. The van der Waals surface area contributed by atoms with Crippen LogP contribution in [0.25, 0.3) is 0 Å². The third-order valence-electron chi connectivity index (χ3n) is 2.58. The van der Waals surface area contributed by atoms with E-state index in [1.165, 1.54) is 24.3 Å². The summed E-state index contributed by atoms with van der Waals surface area (Å²) >= 11 is 0. The molecule has 21 heavy (non-hydrogen) atoms. The van der Waals surface area contributed by atoms with Crippen molar-refractivity contribution in [3.8, 4) is 0 Å². The van der Waals surface area contributed by atoms with Crippen LogP contribution >= 0.6 is 0 Å². The van der Waals surface area contributed by atoms with Gasteiger partial charge in [-0.1, -0.05) is 6.92 Å². The minimum Gasteiger partial charge on any atom is -0.481 e. The van der Waals surface area contributed by atoms with Gasteiger partial charge in [-0.25, -0.2) is 13.1 Å². The van der Waals surface area contributed by atoms with Crippen molar-refractivity contribution in [3.05, 3.63) is 24.3 Å². The van der Waals surface area contributed by atoms with E-state index in [1.807, 2.05) is 0 Å². The number of anilines is 1. The van der Waals surface area contributed by atoms with Crippen molar-refractivity contribution in [2.75, 3.05) is 11.9 Å². The maximum atomic E-state index is 11.7. The molecule has 0 unspecified atom stereocenters. The molecule has 8 heteroatoms. The monoisotopic (exact) mass is 314 g/mol. The van der Waals surface area contributed by atoms with Crippen LogP contribution in [-0.4, -0.2) is 31.9 Å². The Hall–Kier alpha value is -1.93. The third-order valence-corrected chi connectivity index (χ3v) is 4.14. The predicted octanol–water partition coefficient (Wildman–Crippen LogP) is 1.18. The molecular weight excluding hydrogens is 296 g/mol. The molecule has 0 aromatic heterocycles. The maximum Gasteiger partial charge on any atom is 0.303 e. The van der Waals surface area contributed by atoms with Gasteiger partial charge in [0.05, 0.1) is 4.90 Å². The second kappa shape index (κ2) is 7.75. The standard InChI is InChI=1S/C13H18N2O5S/c1-2-14-21(19,20)11-8-6-10(7-9-11)15-12(16)4-3-5-13(17)18/h6-9,14H,2-5H2,1H3,(H,15,16)(H,17,18). The molecule has 0 saturated heterocycles. The number of carboxylic acids is 1. The van der Waals surface area contributed by atoms with Crippen LogP contribution in [0, 0.1) is 0 Å². The summed E-state index contributed by atoms with van der Waals surface area (Å²) in [5.74, 6) is -1.25. The molecule has 3 N–H and O–H groups in total. The van der Waals surface area contributed by atoms with Gasteiger partial charge < -0.3 is 10.4 Å². The molecule has 0 spiro atoms. The number of sulfonamides is 1. The summed E-state index contributed by atoms with van der Waals surface area (Å²) in [6.45, 7) is 1.98. The Morgan fingerprint density at radius 1 is 1.14 bits per heavy atom. The SMILES string of the molecule is CCNS(=O)(=O)c1ccc(NC(=O)CCCC(=O)O)cc1. The molecule has 1 aromatic carbocycles. The lowest BCUT2D eigenvalue weighted by Crippen LogP contribution is -2.23. The second-order valence-electron chi connectivity index (χ2n) is 4.32. The van der Waals surface area contributed by atoms with Crippen molar-refractivity contribution in [1.29, 1.82) is 0 Å². The average Bonchev–Trinajstić information content (AvgIpc) is 2.38. The van der Waals surface area contributed by atoms with Crippen molar-refractivity contribution in [2.45, 2.75) is 31.1 Å². The summed E-state index contributed by atoms with van der Waals surface area (Å²) in [4.78, 5) is 22.0. The maximum absolute atomic E-state index is 11.7. The highest BCUT2D eigenvalue weighted by Crippen LogP contribution is 2.14. The first-order valence-electron chi connectivity index (χ1n) is 6.46. The Kier molecular flexibility index (Phi) is 6.32. The van der Waals surface area contributed by atoms with Crippen molar-refractivity contribution in [3.63, 3.8) is 0 Å². The molecule has 0 heterocycles. The number of benzene rings is 1. The van der Waals surface area contributed by atoms with Crippen LogP contribution in [0.5, 0.6) is 0 Å². The second-order valence-corrected chi connectivity index (χ2v) is 6.09. The summed E-state index contributed by atoms with van der Waals surface area (Å²) in [6, 6.07) is 5.76. The summed E-state index contributed by atoms with van der Waals surface area (Å²) in [5.41, 5.74) is 0.464. The summed E-state index contributed by atoms with van der Waals surface area (Å²) in [6.07, 6.45) is 0.297. The number of carbonyl (C=O) groups excluding carboxylic acids is 1. The van der Waals surface area contributed by atoms with E-state index >= 15 is 0 Å². The van der Waals surface area contributed by atoms with Crippen molar-refractivity contribution >= 4 is 27.6 Å². The molecule has 0 bridgehead atoms. The van der Waals surface area contributed by atoms with E-state index in [-0.39, 0.29) is 30.1 Å². The largest absolute Gasteiger partial charge is 0.481 e. The Bertz CT molecular complexity index is 595. The van der Waals surface area contributed by atoms with Gasteiger partial charge in [0, 0.05) is 25.1 Å². The fraction of sp³-hybridized carbons (Fsp3) is 0.385. The first-order chi connectivity index (χ1) is 9.85. The van der Waals surface area contributed by atoms with Gasteiger partial charge in [0.2, 0.25) is 15.9 Å². The lowest BCUT2D eigenvalue weighted by Gasteiger charge is -2.07. The molecule has 7 nitrogen and oxygen atoms in total. The molecule has 0 radical (unpaired) electrons. The minimum absolute atomic E-state index is 0.0622. The van der Waals surface area contributed by atoms with Crippen LogP contribution in [0.4, 0.5) is 5.69 Å². The van der Waals surface area contributed by atoms with E-state index in [0.717, 1.165) is 0 Å². The van der Waals surface area contributed by atoms with Gasteiger partial charge in [-0.15, -0.1) is 0 Å². The van der Waals surface area contributed by atoms with Crippen LogP contribution in [0.3, 0.4) is 0 Å². The quantitative estimate of drug-likeness (QED) is 0.667. The van der Waals surface area contributed by atoms with Gasteiger partial charge in [0.1, 0.15) is 0 Å². The van der Waals surface area contributed by atoms with Gasteiger partial charge in [-0.05, 0) is 30.7 Å². The number of carboxylic acid groups (broad SMARTS) is 1. The molecule has 0 atom stereocenters. The van der Waals surface area contributed by atoms with E-state index in [0.29, 0.717) is 12.2 Å². The smallest absolute Gasteiger partial charge is 0.303 e. The molecular formula is C13H18N2O5S. The zero-order valence-electron chi connectivity index (χ0n) is 11.6. The topological polar surface area (TPSA) is 113 Å². The average molecular weight is 314 g/mol. The summed E-state index contributed by atoms with van der Waals surface area (Å²) in [5, 5.41) is 11.1. The van der Waals surface area contributed by atoms with Crippen molar-refractivity contribution in [2.24, 2.45) is 0 Å². The summed E-state index contributed by atoms with van der Waals surface area (Å²) in [7, 11) is -3.51. The number of carbonyl (C=O) groups is 2. The van der Waals surface area contributed by atoms with E-state index in [9.17, 15) is 18.0 Å². The number of hydrogen-bond acceptors (Lipinski definition) is 4. The number of rotatable bonds is 8. The zero-order chi connectivity index (χ0) is 15.9. The molecule has 0 saturated carbocycles. The Morgan fingerprint density at radius 2 is 1.76 bits per heavy atom. The Balaban J connectivity index is 2.59. The van der Waals surface area contributed by atoms with Crippen LogP contribution in [0.15, 0.2) is 29.2 Å². The molecule has 0 aliphatic heterocycles. The molecule has 0 fully saturated rings. The molecule has 1 amide bonds. The minimum atomic E-state index is -3.51. The molecule has 0 aliphatic carbocycles. The van der Waals surface area contributed by atoms with Gasteiger partial charge in [0.25, 0.3) is 0 Å². The Labute approximate surface area is 123 Å². The van der Waals surface area contributed by atoms with E-state index < -0.39 is 16.0 Å². The van der Waals surface area contributed by atoms with Gasteiger partial charge in [0.15, 0.2) is 0 Å². The van der Waals surface area contributed by atoms with Gasteiger partial charge in [-0.2, -0.15) is 0 Å². The molecule has 1 rings (SSSR count). The van der Waals surface area contributed by atoms with E-state index in [2.05, 4.69) is 10.0 Å². The van der Waals surface area contributed by atoms with E-state index in [1.54, 1.807) is 6.92 Å². The highest BCUT2D eigenvalue weighted by atomic mass is 32.2. The van der Waals surface area contributed by atoms with E-state index in [4.69, 9.17) is 5.11 Å². The zero-order valence-corrected chi connectivity index (χ0v) is 12.4. The Morgan fingerprint density at radius 3 is 2.29 bits per heavy atom. The third kappa shape index (κ3) is 5.92. The van der Waals surface area contributed by atoms with Crippen LogP contribution in [0.1, 0.15) is 26.2 Å². The predicted molar refractivity (Wildman–Crippen MR) is 77.4 cm³/mol. The number of nitrogens with one attached hydrogen (secondary N) is 2. The number of amides is 1. The lowest BCUT2D eigenvalue weighted by molar-refractivity contribution is -0.137. The van der Waals surface area contributed by atoms with Crippen LogP contribution < -0.4 is 10.0 Å². The number of aliphatic carboxylic acids is 1. The fourth-order valence-electron chi connectivity index (χ4n) is 1.61. The highest BCUT2D eigenvalue weighted by molar-refractivity contribution is 7.89. The van der Waals surface area contributed by atoms with Crippen LogP contribution in [0.2, 0.25) is 0 Å². The first kappa shape index (κ1) is 17.1. The first-order valence-corrected chi connectivity index (χ1v) is 7.95. The van der Waals surface area contributed by atoms with Crippen molar-refractivity contribution in [1.82, 2.24) is 4.72 Å². The van der Waals surface area contributed by atoms with Crippen molar-refractivity contribution < 1.29 is 23.1 Å². The fourth-order valence-corrected chi connectivity index (χ4v) is 2.66.